The fourth-order valence-corrected chi connectivity index (χ4v) is 1.90. The van der Waals surface area contributed by atoms with Gasteiger partial charge in [0.05, 0.1) is 18.4 Å². The van der Waals surface area contributed by atoms with Crippen LogP contribution in [0.5, 0.6) is 0 Å². The molecule has 0 bridgehead atoms. The van der Waals surface area contributed by atoms with Crippen LogP contribution in [0.25, 0.3) is 0 Å². The molecule has 1 aromatic heterocycles. The Kier molecular flexibility index (Phi) is 3.18. The number of nitrogens with zero attached hydrogens (tertiary/aromatic N) is 2. The van der Waals surface area contributed by atoms with Gasteiger partial charge in [0.2, 0.25) is 0 Å². The van der Waals surface area contributed by atoms with Gasteiger partial charge in [-0.3, -0.25) is 4.98 Å². The minimum atomic E-state index is -0.00458. The van der Waals surface area contributed by atoms with Crippen molar-refractivity contribution >= 4 is 5.69 Å². The van der Waals surface area contributed by atoms with Crippen molar-refractivity contribution in [1.82, 2.24) is 4.98 Å². The summed E-state index contributed by atoms with van der Waals surface area (Å²) in [5.41, 5.74) is 1.84. The summed E-state index contributed by atoms with van der Waals surface area (Å²) in [7, 11) is 1.75. The lowest BCUT2D eigenvalue weighted by molar-refractivity contribution is 0.121. The number of rotatable bonds is 3. The zero-order valence-corrected chi connectivity index (χ0v) is 8.89. The van der Waals surface area contributed by atoms with E-state index in [1.54, 1.807) is 13.3 Å². The van der Waals surface area contributed by atoms with Crippen molar-refractivity contribution in [2.45, 2.75) is 19.1 Å². The fourth-order valence-electron chi connectivity index (χ4n) is 1.90. The first-order chi connectivity index (χ1) is 7.33. The Bertz CT molecular complexity index is 330. The van der Waals surface area contributed by atoms with Crippen molar-refractivity contribution in [3.63, 3.8) is 0 Å². The first kappa shape index (κ1) is 10.4. The lowest BCUT2D eigenvalue weighted by Crippen LogP contribution is -2.22. The number of hydrogen-bond donors (Lipinski definition) is 1. The monoisotopic (exact) mass is 208 g/mol. The highest BCUT2D eigenvalue weighted by Crippen LogP contribution is 2.21. The molecule has 4 nitrogen and oxygen atoms in total. The summed E-state index contributed by atoms with van der Waals surface area (Å²) in [6.45, 7) is 1.92. The average Bonchev–Trinajstić information content (AvgIpc) is 2.78. The number of aliphatic hydroxyl groups excluding tert-OH is 1. The number of aliphatic hydroxyl groups is 1. The van der Waals surface area contributed by atoms with Gasteiger partial charge in [-0.2, -0.15) is 0 Å². The van der Waals surface area contributed by atoms with Gasteiger partial charge in [-0.15, -0.1) is 0 Å². The summed E-state index contributed by atoms with van der Waals surface area (Å²) >= 11 is 0. The first-order valence-electron chi connectivity index (χ1n) is 5.17. The van der Waals surface area contributed by atoms with Gasteiger partial charge in [0.15, 0.2) is 0 Å². The molecule has 1 unspecified atom stereocenters. The zero-order chi connectivity index (χ0) is 10.7. The van der Waals surface area contributed by atoms with Crippen molar-refractivity contribution in [2.75, 3.05) is 25.1 Å². The molecule has 1 saturated heterocycles. The van der Waals surface area contributed by atoms with Crippen LogP contribution in [-0.4, -0.2) is 36.4 Å². The van der Waals surface area contributed by atoms with Crippen LogP contribution < -0.4 is 4.90 Å². The van der Waals surface area contributed by atoms with E-state index in [1.165, 1.54) is 0 Å². The summed E-state index contributed by atoms with van der Waals surface area (Å²) in [5.74, 6) is 0. The quantitative estimate of drug-likeness (QED) is 0.798. The third-order valence-corrected chi connectivity index (χ3v) is 2.81. The molecule has 15 heavy (non-hydrogen) atoms. The Morgan fingerprint density at radius 2 is 2.53 bits per heavy atom. The van der Waals surface area contributed by atoms with Crippen LogP contribution in [0, 0.1) is 0 Å². The molecule has 0 aromatic carbocycles. The normalized spacial score (nSPS) is 20.9. The van der Waals surface area contributed by atoms with E-state index in [0.29, 0.717) is 11.8 Å². The minimum absolute atomic E-state index is 0.00458. The fraction of sp³-hybridized carbons (Fsp3) is 0.545. The van der Waals surface area contributed by atoms with Gasteiger partial charge in [-0.1, -0.05) is 0 Å². The summed E-state index contributed by atoms with van der Waals surface area (Å²) in [6.07, 6.45) is 3.13. The van der Waals surface area contributed by atoms with Crippen LogP contribution in [0.4, 0.5) is 5.69 Å². The smallest absolute Gasteiger partial charge is 0.0853 e. The van der Waals surface area contributed by atoms with Crippen LogP contribution in [-0.2, 0) is 11.3 Å². The molecule has 0 saturated carbocycles. The summed E-state index contributed by atoms with van der Waals surface area (Å²) < 4.78 is 5.31. The highest BCUT2D eigenvalue weighted by atomic mass is 16.5. The molecule has 1 aromatic rings. The molecule has 0 radical (unpaired) electrons. The third kappa shape index (κ3) is 2.27. The molecule has 2 rings (SSSR count). The maximum atomic E-state index is 9.00. The van der Waals surface area contributed by atoms with Crippen LogP contribution >= 0.6 is 0 Å². The standard InChI is InChI=1S/C11H16N2O2/c1-15-11-3-5-13(7-11)10-2-4-12-9(6-10)8-14/h2,4,6,11,14H,3,5,7-8H2,1H3. The second-order valence-electron chi connectivity index (χ2n) is 3.76. The van der Waals surface area contributed by atoms with E-state index >= 15 is 0 Å². The second-order valence-corrected chi connectivity index (χ2v) is 3.76. The highest BCUT2D eigenvalue weighted by molar-refractivity contribution is 5.47. The van der Waals surface area contributed by atoms with Gasteiger partial charge in [0.25, 0.3) is 0 Å². The second kappa shape index (κ2) is 4.59. The lowest BCUT2D eigenvalue weighted by atomic mass is 10.3. The zero-order valence-electron chi connectivity index (χ0n) is 8.89. The Balaban J connectivity index is 2.09. The minimum Gasteiger partial charge on any atom is -0.390 e. The number of aromatic nitrogens is 1. The maximum Gasteiger partial charge on any atom is 0.0853 e. The largest absolute Gasteiger partial charge is 0.390 e. The van der Waals surface area contributed by atoms with E-state index in [4.69, 9.17) is 9.84 Å². The molecule has 1 aliphatic heterocycles. The molecule has 0 amide bonds. The Labute approximate surface area is 89.5 Å². The van der Waals surface area contributed by atoms with Gasteiger partial charge in [-0.25, -0.2) is 0 Å². The number of hydrogen-bond acceptors (Lipinski definition) is 4. The van der Waals surface area contributed by atoms with Crippen LogP contribution in [0.15, 0.2) is 18.3 Å². The SMILES string of the molecule is COC1CCN(c2ccnc(CO)c2)C1. The summed E-state index contributed by atoms with van der Waals surface area (Å²) in [5, 5.41) is 9.00. The first-order valence-corrected chi connectivity index (χ1v) is 5.17. The molecular weight excluding hydrogens is 192 g/mol. The van der Waals surface area contributed by atoms with Crippen LogP contribution in [0.3, 0.4) is 0 Å². The molecule has 2 heterocycles. The van der Waals surface area contributed by atoms with Gasteiger partial charge >= 0.3 is 0 Å². The topological polar surface area (TPSA) is 45.6 Å². The molecule has 4 heteroatoms. The summed E-state index contributed by atoms with van der Waals surface area (Å²) in [6, 6.07) is 3.90. The molecular formula is C11H16N2O2. The highest BCUT2D eigenvalue weighted by Gasteiger charge is 2.22. The Hall–Kier alpha value is -1.13. The maximum absolute atomic E-state index is 9.00. The van der Waals surface area contributed by atoms with E-state index in [-0.39, 0.29) is 6.61 Å². The van der Waals surface area contributed by atoms with Crippen LogP contribution in [0.2, 0.25) is 0 Å². The van der Waals surface area contributed by atoms with E-state index < -0.39 is 0 Å². The van der Waals surface area contributed by atoms with Gasteiger partial charge < -0.3 is 14.7 Å². The van der Waals surface area contributed by atoms with Crippen molar-refractivity contribution in [3.8, 4) is 0 Å². The lowest BCUT2D eigenvalue weighted by Gasteiger charge is -2.18. The number of methoxy groups -OCH3 is 1. The molecule has 1 atom stereocenters. The molecule has 0 aliphatic carbocycles. The van der Waals surface area contributed by atoms with Crippen molar-refractivity contribution in [1.29, 1.82) is 0 Å². The molecule has 1 aliphatic rings. The predicted molar refractivity (Wildman–Crippen MR) is 57.8 cm³/mol. The summed E-state index contributed by atoms with van der Waals surface area (Å²) in [4.78, 5) is 6.32. The third-order valence-electron chi connectivity index (χ3n) is 2.81. The van der Waals surface area contributed by atoms with Crippen LogP contribution in [0.1, 0.15) is 12.1 Å². The van der Waals surface area contributed by atoms with E-state index in [2.05, 4.69) is 9.88 Å². The van der Waals surface area contributed by atoms with Crippen molar-refractivity contribution in [3.05, 3.63) is 24.0 Å². The Morgan fingerprint density at radius 3 is 3.20 bits per heavy atom. The number of ether oxygens (including phenoxy) is 1. The average molecular weight is 208 g/mol. The number of pyridine rings is 1. The van der Waals surface area contributed by atoms with E-state index in [0.717, 1.165) is 25.2 Å². The van der Waals surface area contributed by atoms with Gasteiger partial charge in [-0.05, 0) is 18.6 Å². The van der Waals surface area contributed by atoms with E-state index in [1.807, 2.05) is 12.1 Å². The molecule has 1 fully saturated rings. The van der Waals surface area contributed by atoms with Crippen molar-refractivity contribution in [2.24, 2.45) is 0 Å². The van der Waals surface area contributed by atoms with Crippen molar-refractivity contribution < 1.29 is 9.84 Å². The predicted octanol–water partition coefficient (Wildman–Crippen LogP) is 0.799. The molecule has 82 valence electrons. The van der Waals surface area contributed by atoms with E-state index in [9.17, 15) is 0 Å². The van der Waals surface area contributed by atoms with Gasteiger partial charge in [0.1, 0.15) is 0 Å². The molecule has 1 N–H and O–H groups in total. The van der Waals surface area contributed by atoms with Gasteiger partial charge in [0, 0.05) is 32.1 Å². The molecule has 0 spiro atoms. The Morgan fingerprint density at radius 1 is 1.67 bits per heavy atom. The number of anilines is 1.